The van der Waals surface area contributed by atoms with Crippen LogP contribution in [0.1, 0.15) is 23.2 Å². The summed E-state index contributed by atoms with van der Waals surface area (Å²) in [4.78, 5) is 13.1. The van der Waals surface area contributed by atoms with Crippen LogP contribution in [-0.2, 0) is 6.42 Å². The molecule has 0 atom stereocenters. The summed E-state index contributed by atoms with van der Waals surface area (Å²) in [6.07, 6.45) is -3.18. The van der Waals surface area contributed by atoms with E-state index in [0.717, 1.165) is 0 Å². The lowest BCUT2D eigenvalue weighted by Gasteiger charge is -2.05. The van der Waals surface area contributed by atoms with Gasteiger partial charge in [0.25, 0.3) is 6.43 Å². The molecule has 0 unspecified atom stereocenters. The maximum Gasteiger partial charge on any atom is 0.265 e. The van der Waals surface area contributed by atoms with Crippen LogP contribution >= 0.6 is 0 Å². The average molecular weight is 209 g/mol. The van der Waals surface area contributed by atoms with Gasteiger partial charge < -0.3 is 4.98 Å². The molecular weight excluding hydrogens is 204 g/mol. The molecule has 0 bridgehead atoms. The third-order valence-corrected chi connectivity index (χ3v) is 1.75. The predicted octanol–water partition coefficient (Wildman–Crippen LogP) is 1.25. The van der Waals surface area contributed by atoms with Gasteiger partial charge in [-0.25, -0.2) is 8.78 Å². The van der Waals surface area contributed by atoms with Crippen LogP contribution < -0.4 is 5.56 Å². The van der Waals surface area contributed by atoms with Crippen molar-refractivity contribution in [3.63, 3.8) is 0 Å². The van der Waals surface area contributed by atoms with Gasteiger partial charge in [0.05, 0.1) is 23.7 Å². The molecule has 4 nitrogen and oxygen atoms in total. The number of H-pyrrole nitrogens is 1. The minimum Gasteiger partial charge on any atom is -0.324 e. The first kappa shape index (κ1) is 10.9. The molecule has 0 aliphatic carbocycles. The number of hydrogen-bond acceptors (Lipinski definition) is 3. The molecule has 15 heavy (non-hydrogen) atoms. The largest absolute Gasteiger partial charge is 0.324 e. The van der Waals surface area contributed by atoms with E-state index >= 15 is 0 Å². The van der Waals surface area contributed by atoms with Crippen LogP contribution in [0, 0.1) is 22.7 Å². The van der Waals surface area contributed by atoms with Gasteiger partial charge in [-0.2, -0.15) is 10.5 Å². The van der Waals surface area contributed by atoms with E-state index in [-0.39, 0.29) is 17.7 Å². The molecule has 0 fully saturated rings. The number of halogens is 2. The van der Waals surface area contributed by atoms with Crippen molar-refractivity contribution in [1.29, 1.82) is 10.5 Å². The number of hydrogen-bond donors (Lipinski definition) is 1. The van der Waals surface area contributed by atoms with E-state index in [1.807, 2.05) is 0 Å². The van der Waals surface area contributed by atoms with Crippen molar-refractivity contribution in [3.8, 4) is 12.1 Å². The van der Waals surface area contributed by atoms with Crippen LogP contribution in [0.4, 0.5) is 8.78 Å². The Morgan fingerprint density at radius 1 is 1.47 bits per heavy atom. The van der Waals surface area contributed by atoms with Crippen LogP contribution in [0.25, 0.3) is 0 Å². The Hall–Kier alpha value is -2.21. The zero-order chi connectivity index (χ0) is 11.4. The fourth-order valence-electron chi connectivity index (χ4n) is 1.15. The van der Waals surface area contributed by atoms with Crippen molar-refractivity contribution in [1.82, 2.24) is 4.98 Å². The molecule has 1 aromatic rings. The first-order valence-corrected chi connectivity index (χ1v) is 3.91. The summed E-state index contributed by atoms with van der Waals surface area (Å²) >= 11 is 0. The Morgan fingerprint density at radius 2 is 2.13 bits per heavy atom. The molecule has 0 saturated heterocycles. The standard InChI is InChI=1S/C9H5F2N3O/c10-9(11)5-3-8(15)14-7(1-2-12)6(5)4-13/h3,9H,1H2,(H,14,15). The van der Waals surface area contributed by atoms with Gasteiger partial charge in [-0.3, -0.25) is 4.79 Å². The molecule has 1 heterocycles. The summed E-state index contributed by atoms with van der Waals surface area (Å²) in [5, 5.41) is 17.0. The molecular formula is C9H5F2N3O. The van der Waals surface area contributed by atoms with E-state index in [2.05, 4.69) is 4.98 Å². The van der Waals surface area contributed by atoms with Crippen molar-refractivity contribution in [3.05, 3.63) is 33.2 Å². The lowest BCUT2D eigenvalue weighted by Crippen LogP contribution is -2.13. The van der Waals surface area contributed by atoms with E-state index in [0.29, 0.717) is 6.07 Å². The van der Waals surface area contributed by atoms with Crippen molar-refractivity contribution >= 4 is 0 Å². The molecule has 0 aliphatic rings. The number of alkyl halides is 2. The fourth-order valence-corrected chi connectivity index (χ4v) is 1.15. The van der Waals surface area contributed by atoms with Gasteiger partial charge in [0.2, 0.25) is 5.56 Å². The van der Waals surface area contributed by atoms with Gasteiger partial charge in [0.1, 0.15) is 6.07 Å². The summed E-state index contributed by atoms with van der Waals surface area (Å²) < 4.78 is 24.9. The van der Waals surface area contributed by atoms with E-state index in [9.17, 15) is 13.6 Å². The Bertz CT molecular complexity index is 508. The number of nitrogens with one attached hydrogen (secondary N) is 1. The second-order valence-corrected chi connectivity index (χ2v) is 2.69. The zero-order valence-electron chi connectivity index (χ0n) is 7.42. The van der Waals surface area contributed by atoms with Crippen LogP contribution in [0.2, 0.25) is 0 Å². The quantitative estimate of drug-likeness (QED) is 0.795. The minimum atomic E-state index is -2.90. The molecule has 0 aliphatic heterocycles. The number of aromatic nitrogens is 1. The van der Waals surface area contributed by atoms with Crippen molar-refractivity contribution in [2.75, 3.05) is 0 Å². The number of pyridine rings is 1. The van der Waals surface area contributed by atoms with Crippen LogP contribution in [0.3, 0.4) is 0 Å². The second kappa shape index (κ2) is 4.34. The summed E-state index contributed by atoms with van der Waals surface area (Å²) in [7, 11) is 0. The Labute approximate surface area is 83.4 Å². The molecule has 0 spiro atoms. The van der Waals surface area contributed by atoms with Gasteiger partial charge in [-0.05, 0) is 0 Å². The SMILES string of the molecule is N#CCc1[nH]c(=O)cc(C(F)F)c1C#N. The Kier molecular flexibility index (Phi) is 3.14. The Balaban J connectivity index is 3.48. The summed E-state index contributed by atoms with van der Waals surface area (Å²) in [6.45, 7) is 0. The normalized spacial score (nSPS) is 9.67. The van der Waals surface area contributed by atoms with Crippen LogP contribution in [-0.4, -0.2) is 4.98 Å². The van der Waals surface area contributed by atoms with Gasteiger partial charge in [0.15, 0.2) is 0 Å². The monoisotopic (exact) mass is 209 g/mol. The zero-order valence-corrected chi connectivity index (χ0v) is 7.42. The Morgan fingerprint density at radius 3 is 2.60 bits per heavy atom. The van der Waals surface area contributed by atoms with Gasteiger partial charge >= 0.3 is 0 Å². The molecule has 1 N–H and O–H groups in total. The molecule has 0 aromatic carbocycles. The molecule has 1 aromatic heterocycles. The summed E-state index contributed by atoms with van der Waals surface area (Å²) in [5.41, 5.74) is -1.77. The van der Waals surface area contributed by atoms with Gasteiger partial charge in [0, 0.05) is 11.6 Å². The molecule has 1 rings (SSSR count). The molecule has 0 amide bonds. The maximum absolute atomic E-state index is 12.4. The third-order valence-electron chi connectivity index (χ3n) is 1.75. The average Bonchev–Trinajstić information content (AvgIpc) is 2.17. The highest BCUT2D eigenvalue weighted by Crippen LogP contribution is 2.22. The topological polar surface area (TPSA) is 80.4 Å². The van der Waals surface area contributed by atoms with Crippen molar-refractivity contribution in [2.45, 2.75) is 12.8 Å². The molecule has 76 valence electrons. The maximum atomic E-state index is 12.4. The highest BCUT2D eigenvalue weighted by Gasteiger charge is 2.17. The lowest BCUT2D eigenvalue weighted by molar-refractivity contribution is 0.150. The highest BCUT2D eigenvalue weighted by molar-refractivity contribution is 5.42. The lowest BCUT2D eigenvalue weighted by atomic mass is 10.1. The number of nitrogens with zero attached hydrogens (tertiary/aromatic N) is 2. The smallest absolute Gasteiger partial charge is 0.265 e. The first-order chi connectivity index (χ1) is 7.10. The van der Waals surface area contributed by atoms with Crippen molar-refractivity contribution < 1.29 is 8.78 Å². The summed E-state index contributed by atoms with van der Waals surface area (Å²) in [5.74, 6) is 0. The van der Waals surface area contributed by atoms with Gasteiger partial charge in [-0.1, -0.05) is 0 Å². The van der Waals surface area contributed by atoms with E-state index in [4.69, 9.17) is 10.5 Å². The minimum absolute atomic E-state index is 0.0669. The van der Waals surface area contributed by atoms with E-state index in [1.165, 1.54) is 0 Å². The third kappa shape index (κ3) is 2.18. The van der Waals surface area contributed by atoms with E-state index < -0.39 is 17.5 Å². The van der Waals surface area contributed by atoms with Crippen LogP contribution in [0.15, 0.2) is 10.9 Å². The molecule has 6 heteroatoms. The van der Waals surface area contributed by atoms with Gasteiger partial charge in [-0.15, -0.1) is 0 Å². The predicted molar refractivity (Wildman–Crippen MR) is 46.1 cm³/mol. The highest BCUT2D eigenvalue weighted by atomic mass is 19.3. The number of aromatic amines is 1. The molecule has 0 saturated carbocycles. The second-order valence-electron chi connectivity index (χ2n) is 2.69. The number of nitriles is 2. The number of rotatable bonds is 2. The molecule has 0 radical (unpaired) electrons. The van der Waals surface area contributed by atoms with Crippen molar-refractivity contribution in [2.24, 2.45) is 0 Å². The summed E-state index contributed by atoms with van der Waals surface area (Å²) in [6, 6.07) is 3.91. The first-order valence-electron chi connectivity index (χ1n) is 3.91. The fraction of sp³-hybridized carbons (Fsp3) is 0.222. The van der Waals surface area contributed by atoms with E-state index in [1.54, 1.807) is 12.1 Å². The van der Waals surface area contributed by atoms with Crippen LogP contribution in [0.5, 0.6) is 0 Å².